The third-order valence-corrected chi connectivity index (χ3v) is 3.81. The van der Waals surface area contributed by atoms with Crippen LogP contribution in [0.1, 0.15) is 13.8 Å². The number of ether oxygens (including phenoxy) is 1. The quantitative estimate of drug-likeness (QED) is 0.650. The van der Waals surface area contributed by atoms with Gasteiger partial charge in [0.15, 0.2) is 6.61 Å². The molecule has 0 aliphatic heterocycles. The zero-order chi connectivity index (χ0) is 17.9. The summed E-state index contributed by atoms with van der Waals surface area (Å²) in [4.78, 5) is 34.6. The molecule has 0 radical (unpaired) electrons. The summed E-state index contributed by atoms with van der Waals surface area (Å²) >= 11 is 6.87. The van der Waals surface area contributed by atoms with E-state index in [1.807, 2.05) is 13.8 Å². The van der Waals surface area contributed by atoms with E-state index in [-0.39, 0.29) is 29.9 Å². The number of thioether (sulfide) groups is 1. The molecule has 0 saturated heterocycles. The number of carbonyl (C=O) groups excluding carboxylic acids is 3. The minimum atomic E-state index is -0.529. The van der Waals surface area contributed by atoms with Crippen molar-refractivity contribution in [1.82, 2.24) is 5.32 Å². The van der Waals surface area contributed by atoms with Crippen LogP contribution in [0.5, 0.6) is 0 Å². The fourth-order valence-electron chi connectivity index (χ4n) is 1.51. The molecule has 0 aliphatic rings. The lowest BCUT2D eigenvalue weighted by Crippen LogP contribution is -2.31. The molecule has 132 valence electrons. The van der Waals surface area contributed by atoms with Gasteiger partial charge in [0.2, 0.25) is 5.91 Å². The number of carbonyl (C=O) groups is 3. The molecule has 0 unspecified atom stereocenters. The van der Waals surface area contributed by atoms with Crippen LogP contribution in [0.3, 0.4) is 0 Å². The van der Waals surface area contributed by atoms with Gasteiger partial charge >= 0.3 is 5.97 Å². The van der Waals surface area contributed by atoms with Crippen LogP contribution in [0.2, 0.25) is 5.02 Å². The second-order valence-corrected chi connectivity index (χ2v) is 6.83. The third kappa shape index (κ3) is 9.42. The summed E-state index contributed by atoms with van der Waals surface area (Å²) in [7, 11) is 0. The number of esters is 1. The molecule has 0 fully saturated rings. The van der Waals surface area contributed by atoms with Gasteiger partial charge in [0.05, 0.1) is 11.5 Å². The molecular weight excluding hydrogens is 352 g/mol. The van der Waals surface area contributed by atoms with Crippen LogP contribution in [-0.4, -0.2) is 42.4 Å². The predicted octanol–water partition coefficient (Wildman–Crippen LogP) is 2.33. The van der Waals surface area contributed by atoms with E-state index in [0.29, 0.717) is 23.2 Å². The Morgan fingerprint density at radius 2 is 1.79 bits per heavy atom. The summed E-state index contributed by atoms with van der Waals surface area (Å²) in [6.45, 7) is 4.18. The predicted molar refractivity (Wildman–Crippen MR) is 96.2 cm³/mol. The van der Waals surface area contributed by atoms with Gasteiger partial charge < -0.3 is 15.4 Å². The van der Waals surface area contributed by atoms with Gasteiger partial charge in [-0.2, -0.15) is 0 Å². The summed E-state index contributed by atoms with van der Waals surface area (Å²) in [5.74, 6) is -0.645. The highest BCUT2D eigenvalue weighted by Crippen LogP contribution is 2.13. The first-order valence-corrected chi connectivity index (χ1v) is 8.95. The Labute approximate surface area is 150 Å². The van der Waals surface area contributed by atoms with Crippen molar-refractivity contribution >= 4 is 46.8 Å². The molecule has 6 nitrogen and oxygen atoms in total. The van der Waals surface area contributed by atoms with E-state index in [0.717, 1.165) is 11.8 Å². The number of hydrogen-bond donors (Lipinski definition) is 2. The Morgan fingerprint density at radius 3 is 2.42 bits per heavy atom. The Bertz CT molecular complexity index is 564. The van der Waals surface area contributed by atoms with Crippen LogP contribution in [0.25, 0.3) is 0 Å². The third-order valence-electron chi connectivity index (χ3n) is 2.65. The van der Waals surface area contributed by atoms with E-state index in [1.54, 1.807) is 24.3 Å². The number of anilines is 1. The lowest BCUT2D eigenvalue weighted by atomic mass is 10.2. The van der Waals surface area contributed by atoms with Crippen molar-refractivity contribution in [2.45, 2.75) is 13.8 Å². The first kappa shape index (κ1) is 20.3. The van der Waals surface area contributed by atoms with Crippen LogP contribution >= 0.6 is 23.4 Å². The minimum absolute atomic E-state index is 0.00545. The zero-order valence-corrected chi connectivity index (χ0v) is 15.2. The van der Waals surface area contributed by atoms with E-state index < -0.39 is 5.97 Å². The first-order chi connectivity index (χ1) is 11.4. The SMILES string of the molecule is CC(C)CNC(=O)COC(=O)CSCC(=O)Nc1ccc(Cl)cc1. The maximum atomic E-state index is 11.7. The Balaban J connectivity index is 2.15. The zero-order valence-electron chi connectivity index (χ0n) is 13.6. The summed E-state index contributed by atoms with van der Waals surface area (Å²) < 4.78 is 4.83. The van der Waals surface area contributed by atoms with Crippen molar-refractivity contribution < 1.29 is 19.1 Å². The van der Waals surface area contributed by atoms with Crippen molar-refractivity contribution in [2.24, 2.45) is 5.92 Å². The van der Waals surface area contributed by atoms with E-state index in [4.69, 9.17) is 16.3 Å². The Hall–Kier alpha value is -1.73. The van der Waals surface area contributed by atoms with Gasteiger partial charge in [0.25, 0.3) is 5.91 Å². The van der Waals surface area contributed by atoms with Crippen molar-refractivity contribution in [2.75, 3.05) is 30.0 Å². The molecule has 0 aromatic heterocycles. The number of nitrogens with one attached hydrogen (secondary N) is 2. The monoisotopic (exact) mass is 372 g/mol. The maximum Gasteiger partial charge on any atom is 0.316 e. The summed E-state index contributed by atoms with van der Waals surface area (Å²) in [5.41, 5.74) is 0.634. The molecule has 0 atom stereocenters. The lowest BCUT2D eigenvalue weighted by Gasteiger charge is -2.08. The standard InChI is InChI=1S/C16H21ClN2O4S/c1-11(2)7-18-14(20)8-23-16(22)10-24-9-15(21)19-13-5-3-12(17)4-6-13/h3-6,11H,7-10H2,1-2H3,(H,18,20)(H,19,21). The number of halogens is 1. The van der Waals surface area contributed by atoms with Crippen LogP contribution < -0.4 is 10.6 Å². The van der Waals surface area contributed by atoms with E-state index in [2.05, 4.69) is 10.6 Å². The molecule has 1 rings (SSSR count). The first-order valence-electron chi connectivity index (χ1n) is 7.42. The van der Waals surface area contributed by atoms with Gasteiger partial charge in [-0.25, -0.2) is 0 Å². The van der Waals surface area contributed by atoms with Crippen LogP contribution in [0, 0.1) is 5.92 Å². The van der Waals surface area contributed by atoms with Gasteiger partial charge in [-0.1, -0.05) is 25.4 Å². The molecule has 0 spiro atoms. The molecule has 2 amide bonds. The topological polar surface area (TPSA) is 84.5 Å². The highest BCUT2D eigenvalue weighted by atomic mass is 35.5. The van der Waals surface area contributed by atoms with Crippen LogP contribution in [-0.2, 0) is 19.1 Å². The molecule has 8 heteroatoms. The normalized spacial score (nSPS) is 10.3. The highest BCUT2D eigenvalue weighted by Gasteiger charge is 2.10. The van der Waals surface area contributed by atoms with Gasteiger partial charge in [-0.15, -0.1) is 11.8 Å². The summed E-state index contributed by atoms with van der Waals surface area (Å²) in [6, 6.07) is 6.72. The molecule has 1 aromatic carbocycles. The van der Waals surface area contributed by atoms with Crippen molar-refractivity contribution in [1.29, 1.82) is 0 Å². The van der Waals surface area contributed by atoms with E-state index in [1.165, 1.54) is 0 Å². The molecular formula is C16H21ClN2O4S. The lowest BCUT2D eigenvalue weighted by molar-refractivity contribution is -0.145. The number of amides is 2. The van der Waals surface area contributed by atoms with Gasteiger partial charge in [0.1, 0.15) is 0 Å². The molecule has 2 N–H and O–H groups in total. The Kier molecular flexibility index (Phi) is 9.26. The number of rotatable bonds is 9. The molecule has 0 saturated carbocycles. The van der Waals surface area contributed by atoms with Crippen molar-refractivity contribution in [3.8, 4) is 0 Å². The molecule has 0 bridgehead atoms. The van der Waals surface area contributed by atoms with Crippen LogP contribution in [0.15, 0.2) is 24.3 Å². The molecule has 24 heavy (non-hydrogen) atoms. The van der Waals surface area contributed by atoms with Gasteiger partial charge in [-0.05, 0) is 30.2 Å². The van der Waals surface area contributed by atoms with Crippen molar-refractivity contribution in [3.05, 3.63) is 29.3 Å². The Morgan fingerprint density at radius 1 is 1.12 bits per heavy atom. The van der Waals surface area contributed by atoms with Gasteiger partial charge in [-0.3, -0.25) is 14.4 Å². The average molecular weight is 373 g/mol. The van der Waals surface area contributed by atoms with E-state index in [9.17, 15) is 14.4 Å². The molecule has 1 aromatic rings. The fourth-order valence-corrected chi connectivity index (χ4v) is 2.25. The second-order valence-electron chi connectivity index (χ2n) is 5.41. The fraction of sp³-hybridized carbons (Fsp3) is 0.438. The molecule has 0 heterocycles. The molecule has 0 aliphatic carbocycles. The second kappa shape index (κ2) is 10.9. The summed E-state index contributed by atoms with van der Waals surface area (Å²) in [5, 5.41) is 5.92. The highest BCUT2D eigenvalue weighted by molar-refractivity contribution is 8.00. The minimum Gasteiger partial charge on any atom is -0.455 e. The average Bonchev–Trinajstić information content (AvgIpc) is 2.53. The smallest absolute Gasteiger partial charge is 0.316 e. The van der Waals surface area contributed by atoms with Crippen LogP contribution in [0.4, 0.5) is 5.69 Å². The summed E-state index contributed by atoms with van der Waals surface area (Å²) in [6.07, 6.45) is 0. The largest absolute Gasteiger partial charge is 0.455 e. The van der Waals surface area contributed by atoms with Crippen molar-refractivity contribution in [3.63, 3.8) is 0 Å². The van der Waals surface area contributed by atoms with E-state index >= 15 is 0 Å². The number of benzene rings is 1. The maximum absolute atomic E-state index is 11.7. The number of hydrogen-bond acceptors (Lipinski definition) is 5. The van der Waals surface area contributed by atoms with Gasteiger partial charge in [0, 0.05) is 17.3 Å².